The first-order valence-electron chi connectivity index (χ1n) is 12.9. The van der Waals surface area contributed by atoms with Crippen molar-refractivity contribution in [2.45, 2.75) is 36.8 Å². The molecule has 1 atom stereocenters. The van der Waals surface area contributed by atoms with Crippen molar-refractivity contribution < 1.29 is 8.42 Å². The Kier molecular flexibility index (Phi) is 6.37. The maximum Gasteiger partial charge on any atom is 0.260 e. The molecule has 2 saturated heterocycles. The molecule has 0 aliphatic carbocycles. The van der Waals surface area contributed by atoms with Crippen LogP contribution in [0.4, 0.5) is 5.69 Å². The van der Waals surface area contributed by atoms with Crippen LogP contribution in [0.25, 0.3) is 21.9 Å². The van der Waals surface area contributed by atoms with Crippen molar-refractivity contribution in [2.24, 2.45) is 0 Å². The number of rotatable bonds is 6. The van der Waals surface area contributed by atoms with Crippen LogP contribution in [0, 0.1) is 0 Å². The van der Waals surface area contributed by atoms with Gasteiger partial charge >= 0.3 is 0 Å². The minimum absolute atomic E-state index is 0.0212. The number of pyridine rings is 1. The van der Waals surface area contributed by atoms with Gasteiger partial charge < -0.3 is 9.88 Å². The lowest BCUT2D eigenvalue weighted by Crippen LogP contribution is -2.49. The number of fused-ring (bicyclic) bond motifs is 2. The van der Waals surface area contributed by atoms with E-state index in [9.17, 15) is 8.42 Å². The average Bonchev–Trinajstić information content (AvgIpc) is 3.41. The van der Waals surface area contributed by atoms with Crippen LogP contribution in [0.5, 0.6) is 0 Å². The van der Waals surface area contributed by atoms with Gasteiger partial charge in [-0.1, -0.05) is 30.7 Å². The highest BCUT2D eigenvalue weighted by Crippen LogP contribution is 2.29. The number of nitrogens with zero attached hydrogens (tertiary/aromatic N) is 5. The predicted octanol–water partition coefficient (Wildman–Crippen LogP) is 3.87. The van der Waals surface area contributed by atoms with E-state index >= 15 is 0 Å². The third-order valence-electron chi connectivity index (χ3n) is 7.64. The molecule has 0 spiro atoms. The largest absolute Gasteiger partial charge is 0.367 e. The second-order valence-corrected chi connectivity index (χ2v) is 11.6. The molecule has 36 heavy (non-hydrogen) atoms. The van der Waals surface area contributed by atoms with E-state index in [-0.39, 0.29) is 11.1 Å². The maximum absolute atomic E-state index is 13.6. The van der Waals surface area contributed by atoms with Crippen molar-refractivity contribution in [2.75, 3.05) is 44.2 Å². The Morgan fingerprint density at radius 3 is 2.67 bits per heavy atom. The highest BCUT2D eigenvalue weighted by molar-refractivity contribution is 7.89. The Bertz CT molecular complexity index is 1460. The van der Waals surface area contributed by atoms with E-state index in [1.54, 1.807) is 16.7 Å². The van der Waals surface area contributed by atoms with Gasteiger partial charge in [0.2, 0.25) is 0 Å². The molecule has 4 heterocycles. The molecular weight excluding hydrogens is 472 g/mol. The fourth-order valence-corrected chi connectivity index (χ4v) is 7.31. The number of piperazine rings is 1. The summed E-state index contributed by atoms with van der Waals surface area (Å²) in [6.45, 7) is 5.30. The quantitative estimate of drug-likeness (QED) is 0.429. The number of hydrogen-bond acceptors (Lipinski definition) is 6. The Labute approximate surface area is 212 Å². The lowest BCUT2D eigenvalue weighted by molar-refractivity contribution is 0.193. The maximum atomic E-state index is 13.6. The van der Waals surface area contributed by atoms with Gasteiger partial charge in [0.05, 0.1) is 23.0 Å². The van der Waals surface area contributed by atoms with Gasteiger partial charge in [-0.15, -0.1) is 0 Å². The van der Waals surface area contributed by atoms with Gasteiger partial charge in [0.1, 0.15) is 5.52 Å². The first-order chi connectivity index (χ1) is 17.6. The normalized spacial score (nSPS) is 20.3. The summed E-state index contributed by atoms with van der Waals surface area (Å²) in [5.41, 5.74) is 3.99. The third kappa shape index (κ3) is 4.47. The fourth-order valence-electron chi connectivity index (χ4n) is 5.64. The number of nitrogens with one attached hydrogen (secondary N) is 1. The van der Waals surface area contributed by atoms with Crippen LogP contribution in [-0.2, 0) is 10.0 Å². The van der Waals surface area contributed by atoms with Gasteiger partial charge in [0, 0.05) is 44.2 Å². The molecule has 0 unspecified atom stereocenters. The molecule has 1 N–H and O–H groups in total. The Balaban J connectivity index is 1.11. The van der Waals surface area contributed by atoms with Crippen molar-refractivity contribution in [3.8, 4) is 0 Å². The molecule has 2 fully saturated rings. The second-order valence-electron chi connectivity index (χ2n) is 9.80. The highest BCUT2D eigenvalue weighted by atomic mass is 32.2. The lowest BCUT2D eigenvalue weighted by atomic mass is 10.0. The highest BCUT2D eigenvalue weighted by Gasteiger charge is 2.34. The van der Waals surface area contributed by atoms with Crippen LogP contribution in [0.3, 0.4) is 0 Å². The molecule has 9 heteroatoms. The van der Waals surface area contributed by atoms with Gasteiger partial charge in [-0.25, -0.2) is 18.4 Å². The number of imidazole rings is 1. The number of aromatic amines is 1. The molecule has 2 aromatic carbocycles. The summed E-state index contributed by atoms with van der Waals surface area (Å²) in [5.74, 6) is 0. The van der Waals surface area contributed by atoms with E-state index in [1.807, 2.05) is 30.3 Å². The number of sulfonamides is 1. The zero-order valence-corrected chi connectivity index (χ0v) is 21.2. The monoisotopic (exact) mass is 504 g/mol. The van der Waals surface area contributed by atoms with E-state index in [0.717, 1.165) is 80.3 Å². The molecule has 2 aromatic heterocycles. The molecule has 2 aliphatic heterocycles. The van der Waals surface area contributed by atoms with Crippen LogP contribution in [0.1, 0.15) is 25.7 Å². The molecule has 6 rings (SSSR count). The van der Waals surface area contributed by atoms with Gasteiger partial charge in [0.25, 0.3) is 10.0 Å². The van der Waals surface area contributed by atoms with E-state index < -0.39 is 10.0 Å². The average molecular weight is 505 g/mol. The van der Waals surface area contributed by atoms with Gasteiger partial charge in [0.15, 0.2) is 5.03 Å². The van der Waals surface area contributed by atoms with Gasteiger partial charge in [-0.05, 0) is 56.1 Å². The molecule has 8 nitrogen and oxygen atoms in total. The fraction of sp³-hybridized carbons (Fsp3) is 0.407. The van der Waals surface area contributed by atoms with Gasteiger partial charge in [-0.2, -0.15) is 4.31 Å². The number of para-hydroxylation sites is 2. The minimum Gasteiger partial charge on any atom is -0.367 e. The van der Waals surface area contributed by atoms with E-state index in [0.29, 0.717) is 6.54 Å². The molecule has 0 radical (unpaired) electrons. The zero-order valence-electron chi connectivity index (χ0n) is 20.4. The van der Waals surface area contributed by atoms with Crippen LogP contribution in [0.2, 0.25) is 0 Å². The molecule has 0 saturated carbocycles. The SMILES string of the molecule is O=S(=O)(c1ccc2ccccc2n1)N1CCCC[C@H]1CCN1CCN(c2cccc3[nH]cnc23)CC1. The van der Waals surface area contributed by atoms with Crippen LogP contribution in [-0.4, -0.2) is 77.9 Å². The predicted molar refractivity (Wildman–Crippen MR) is 143 cm³/mol. The Morgan fingerprint density at radius 2 is 1.78 bits per heavy atom. The van der Waals surface area contributed by atoms with E-state index in [1.165, 1.54) is 5.69 Å². The summed E-state index contributed by atoms with van der Waals surface area (Å²) < 4.78 is 28.9. The van der Waals surface area contributed by atoms with Crippen LogP contribution < -0.4 is 4.90 Å². The number of hydrogen-bond donors (Lipinski definition) is 1. The van der Waals surface area contributed by atoms with Crippen molar-refractivity contribution in [1.82, 2.24) is 24.2 Å². The topological polar surface area (TPSA) is 85.4 Å². The molecule has 0 amide bonds. The Hall–Kier alpha value is -3.01. The van der Waals surface area contributed by atoms with Crippen molar-refractivity contribution in [3.63, 3.8) is 0 Å². The summed E-state index contributed by atoms with van der Waals surface area (Å²) in [5, 5.41) is 1.11. The van der Waals surface area contributed by atoms with Crippen LogP contribution in [0.15, 0.2) is 66.0 Å². The smallest absolute Gasteiger partial charge is 0.260 e. The number of piperidine rings is 1. The number of aromatic nitrogens is 3. The molecular formula is C27H32N6O2S. The molecule has 0 bridgehead atoms. The first kappa shape index (κ1) is 23.4. The Morgan fingerprint density at radius 1 is 0.917 bits per heavy atom. The first-order valence-corrected chi connectivity index (χ1v) is 14.3. The summed E-state index contributed by atoms with van der Waals surface area (Å²) in [6.07, 6.45) is 5.49. The minimum atomic E-state index is -3.63. The third-order valence-corrected chi connectivity index (χ3v) is 9.49. The van der Waals surface area contributed by atoms with Crippen molar-refractivity contribution in [3.05, 3.63) is 60.9 Å². The van der Waals surface area contributed by atoms with E-state index in [2.05, 4.69) is 43.0 Å². The standard InChI is InChI=1S/C27H32N6O2S/c34-36(35,26-12-11-21-6-1-2-8-23(21)30-26)33-14-4-3-7-22(33)13-15-31-16-18-32(19-17-31)25-10-5-9-24-27(25)29-20-28-24/h1-2,5-6,8-12,20,22H,3-4,7,13-19H2,(H,28,29)/t22-/m0/s1. The number of H-pyrrole nitrogens is 1. The molecule has 2 aliphatic rings. The van der Waals surface area contributed by atoms with Crippen molar-refractivity contribution >= 4 is 37.6 Å². The van der Waals surface area contributed by atoms with Crippen LogP contribution >= 0.6 is 0 Å². The molecule has 188 valence electrons. The molecule has 4 aromatic rings. The van der Waals surface area contributed by atoms with Gasteiger partial charge in [-0.3, -0.25) is 4.90 Å². The summed E-state index contributed by atoms with van der Waals surface area (Å²) in [4.78, 5) is 17.1. The second kappa shape index (κ2) is 9.80. The number of anilines is 1. The lowest BCUT2D eigenvalue weighted by Gasteiger charge is -2.39. The summed E-state index contributed by atoms with van der Waals surface area (Å²) >= 11 is 0. The van der Waals surface area contributed by atoms with E-state index in [4.69, 9.17) is 0 Å². The zero-order chi connectivity index (χ0) is 24.5. The summed E-state index contributed by atoms with van der Waals surface area (Å²) in [7, 11) is -3.63. The van der Waals surface area contributed by atoms with Crippen molar-refractivity contribution in [1.29, 1.82) is 0 Å². The summed E-state index contributed by atoms with van der Waals surface area (Å²) in [6, 6.07) is 17.5. The number of benzene rings is 2.